The Hall–Kier alpha value is -1.14. The maximum atomic E-state index is 12.5. The van der Waals surface area contributed by atoms with E-state index in [1.54, 1.807) is 17.0 Å². The van der Waals surface area contributed by atoms with E-state index in [1.165, 1.54) is 0 Å². The molecule has 6 heteroatoms. The number of benzene rings is 1. The topological polar surface area (TPSA) is 92.6 Å². The lowest BCUT2D eigenvalue weighted by Crippen LogP contribution is -2.59. The largest absolute Gasteiger partial charge is 0.384 e. The van der Waals surface area contributed by atoms with Gasteiger partial charge in [0.05, 0.1) is 11.6 Å². The first-order chi connectivity index (χ1) is 11.2. The molecule has 2 rings (SSSR count). The van der Waals surface area contributed by atoms with Crippen molar-refractivity contribution >= 4 is 17.5 Å². The normalized spacial score (nSPS) is 24.7. The number of rotatable bonds is 5. The van der Waals surface area contributed by atoms with Gasteiger partial charge in [-0.05, 0) is 43.5 Å². The lowest BCUT2D eigenvalue weighted by Gasteiger charge is -2.51. The second-order valence-electron chi connectivity index (χ2n) is 7.30. The fraction of sp³-hybridized carbons (Fsp3) is 0.611. The van der Waals surface area contributed by atoms with E-state index in [0.29, 0.717) is 37.5 Å². The molecule has 1 fully saturated rings. The van der Waals surface area contributed by atoms with Gasteiger partial charge in [-0.15, -0.1) is 0 Å². The van der Waals surface area contributed by atoms with E-state index in [2.05, 4.69) is 0 Å². The Morgan fingerprint density at radius 1 is 1.38 bits per heavy atom. The minimum Gasteiger partial charge on any atom is -0.384 e. The minimum absolute atomic E-state index is 0.0605. The first-order valence-electron chi connectivity index (χ1n) is 8.44. The van der Waals surface area contributed by atoms with Crippen LogP contribution in [-0.4, -0.2) is 41.6 Å². The van der Waals surface area contributed by atoms with Gasteiger partial charge < -0.3 is 21.5 Å². The molecule has 1 amide bonds. The summed E-state index contributed by atoms with van der Waals surface area (Å²) in [6, 6.07) is 6.76. The summed E-state index contributed by atoms with van der Waals surface area (Å²) in [6.07, 6.45) is 1.80. The Balaban J connectivity index is 2.14. The molecule has 134 valence electrons. The van der Waals surface area contributed by atoms with E-state index in [9.17, 15) is 9.90 Å². The monoisotopic (exact) mass is 353 g/mol. The first-order valence-corrected chi connectivity index (χ1v) is 8.82. The SMILES string of the molecule is CC1(C)CN(C(=O)[C@H](N)CCCN)CC[C@]1(O)c1ccc(Cl)cc1. The average Bonchev–Trinajstić information content (AvgIpc) is 2.55. The highest BCUT2D eigenvalue weighted by Gasteiger charge is 2.49. The molecule has 24 heavy (non-hydrogen) atoms. The fourth-order valence-electron chi connectivity index (χ4n) is 3.47. The van der Waals surface area contributed by atoms with Gasteiger partial charge >= 0.3 is 0 Å². The molecule has 0 aromatic heterocycles. The zero-order chi connectivity index (χ0) is 18.0. The fourth-order valence-corrected chi connectivity index (χ4v) is 3.59. The van der Waals surface area contributed by atoms with Crippen molar-refractivity contribution in [2.24, 2.45) is 16.9 Å². The number of piperidine rings is 1. The third-order valence-electron chi connectivity index (χ3n) is 5.12. The summed E-state index contributed by atoms with van der Waals surface area (Å²) in [4.78, 5) is 14.3. The Morgan fingerprint density at radius 3 is 2.54 bits per heavy atom. The molecule has 0 bridgehead atoms. The number of nitrogens with zero attached hydrogens (tertiary/aromatic N) is 1. The highest BCUT2D eigenvalue weighted by Crippen LogP contribution is 2.46. The van der Waals surface area contributed by atoms with Crippen LogP contribution in [0.25, 0.3) is 0 Å². The molecule has 5 N–H and O–H groups in total. The van der Waals surface area contributed by atoms with Crippen molar-refractivity contribution in [3.8, 4) is 0 Å². The summed E-state index contributed by atoms with van der Waals surface area (Å²) in [5.41, 5.74) is 10.8. The van der Waals surface area contributed by atoms with E-state index < -0.39 is 17.1 Å². The molecule has 0 aliphatic carbocycles. The minimum atomic E-state index is -1.00. The van der Waals surface area contributed by atoms with Crippen LogP contribution in [0.4, 0.5) is 0 Å². The van der Waals surface area contributed by atoms with Crippen LogP contribution in [0, 0.1) is 5.41 Å². The number of aliphatic hydroxyl groups is 1. The van der Waals surface area contributed by atoms with Crippen molar-refractivity contribution in [1.82, 2.24) is 4.90 Å². The van der Waals surface area contributed by atoms with E-state index in [4.69, 9.17) is 23.1 Å². The molecule has 5 nitrogen and oxygen atoms in total. The van der Waals surface area contributed by atoms with Crippen LogP contribution in [0.15, 0.2) is 24.3 Å². The average molecular weight is 354 g/mol. The number of nitrogens with two attached hydrogens (primary N) is 2. The van der Waals surface area contributed by atoms with Gasteiger partial charge in [-0.25, -0.2) is 0 Å². The van der Waals surface area contributed by atoms with E-state index in [-0.39, 0.29) is 5.91 Å². The lowest BCUT2D eigenvalue weighted by atomic mass is 9.66. The first kappa shape index (κ1) is 19.2. The highest BCUT2D eigenvalue weighted by atomic mass is 35.5. The molecule has 0 spiro atoms. The molecular weight excluding hydrogens is 326 g/mol. The number of carbonyl (C=O) groups is 1. The number of hydrogen-bond acceptors (Lipinski definition) is 4. The third-order valence-corrected chi connectivity index (χ3v) is 5.37. The smallest absolute Gasteiger partial charge is 0.239 e. The van der Waals surface area contributed by atoms with Crippen LogP contribution in [0.2, 0.25) is 5.02 Å². The summed E-state index contributed by atoms with van der Waals surface area (Å²) in [5, 5.41) is 11.9. The summed E-state index contributed by atoms with van der Waals surface area (Å²) < 4.78 is 0. The van der Waals surface area contributed by atoms with Crippen LogP contribution in [0.3, 0.4) is 0 Å². The zero-order valence-corrected chi connectivity index (χ0v) is 15.2. The number of halogens is 1. The second kappa shape index (κ2) is 7.40. The quantitative estimate of drug-likeness (QED) is 0.753. The van der Waals surface area contributed by atoms with E-state index in [0.717, 1.165) is 12.0 Å². The van der Waals surface area contributed by atoms with Gasteiger partial charge in [-0.2, -0.15) is 0 Å². The Labute approximate surface area is 149 Å². The van der Waals surface area contributed by atoms with E-state index in [1.807, 2.05) is 26.0 Å². The van der Waals surface area contributed by atoms with Crippen LogP contribution < -0.4 is 11.5 Å². The Morgan fingerprint density at radius 2 is 2.00 bits per heavy atom. The standard InChI is InChI=1S/C18H28ClN3O2/c1-17(2)12-22(16(23)15(21)4-3-10-20)11-9-18(17,24)13-5-7-14(19)8-6-13/h5-8,15,24H,3-4,9-12,20-21H2,1-2H3/t15-,18+/m1/s1. The molecule has 1 saturated heterocycles. The van der Waals surface area contributed by atoms with Crippen molar-refractivity contribution in [3.63, 3.8) is 0 Å². The van der Waals surface area contributed by atoms with Gasteiger partial charge in [-0.3, -0.25) is 4.79 Å². The van der Waals surface area contributed by atoms with Crippen LogP contribution in [0.1, 0.15) is 38.7 Å². The summed E-state index contributed by atoms with van der Waals surface area (Å²) in [5.74, 6) is -0.0605. The van der Waals surface area contributed by atoms with E-state index >= 15 is 0 Å². The predicted octanol–water partition coefficient (Wildman–Crippen LogP) is 1.85. The third kappa shape index (κ3) is 3.75. The molecule has 0 radical (unpaired) electrons. The van der Waals surface area contributed by atoms with Crippen LogP contribution >= 0.6 is 11.6 Å². The molecule has 0 saturated carbocycles. The lowest BCUT2D eigenvalue weighted by molar-refractivity contribution is -0.154. The van der Waals surface area contributed by atoms with Gasteiger partial charge in [0.2, 0.25) is 5.91 Å². The number of likely N-dealkylation sites (tertiary alicyclic amines) is 1. The maximum absolute atomic E-state index is 12.5. The Bertz CT molecular complexity index is 576. The summed E-state index contributed by atoms with van der Waals surface area (Å²) >= 11 is 5.95. The van der Waals surface area contributed by atoms with Crippen molar-refractivity contribution in [2.45, 2.75) is 44.8 Å². The number of hydrogen-bond donors (Lipinski definition) is 3. The van der Waals surface area contributed by atoms with Crippen molar-refractivity contribution in [3.05, 3.63) is 34.9 Å². The zero-order valence-electron chi connectivity index (χ0n) is 14.5. The molecule has 1 aromatic rings. The second-order valence-corrected chi connectivity index (χ2v) is 7.73. The van der Waals surface area contributed by atoms with Crippen molar-refractivity contribution in [2.75, 3.05) is 19.6 Å². The summed E-state index contributed by atoms with van der Waals surface area (Å²) in [6.45, 7) is 5.43. The highest BCUT2D eigenvalue weighted by molar-refractivity contribution is 6.30. The molecular formula is C18H28ClN3O2. The van der Waals surface area contributed by atoms with Gasteiger partial charge in [-0.1, -0.05) is 37.6 Å². The maximum Gasteiger partial charge on any atom is 0.239 e. The molecule has 0 unspecified atom stereocenters. The molecule has 2 atom stereocenters. The molecule has 1 heterocycles. The molecule has 1 aliphatic rings. The number of carbonyl (C=O) groups excluding carboxylic acids is 1. The molecule has 1 aliphatic heterocycles. The van der Waals surface area contributed by atoms with Crippen LogP contribution in [-0.2, 0) is 10.4 Å². The Kier molecular flexibility index (Phi) is 5.91. The number of amides is 1. The predicted molar refractivity (Wildman–Crippen MR) is 96.6 cm³/mol. The van der Waals surface area contributed by atoms with Gasteiger partial charge in [0, 0.05) is 23.5 Å². The van der Waals surface area contributed by atoms with Gasteiger partial charge in [0.25, 0.3) is 0 Å². The van der Waals surface area contributed by atoms with Crippen molar-refractivity contribution in [1.29, 1.82) is 0 Å². The molecule has 1 aromatic carbocycles. The van der Waals surface area contributed by atoms with Crippen molar-refractivity contribution < 1.29 is 9.90 Å². The van der Waals surface area contributed by atoms with Gasteiger partial charge in [0.15, 0.2) is 0 Å². The summed E-state index contributed by atoms with van der Waals surface area (Å²) in [7, 11) is 0. The van der Waals surface area contributed by atoms with Gasteiger partial charge in [0.1, 0.15) is 0 Å². The van der Waals surface area contributed by atoms with Crippen LogP contribution in [0.5, 0.6) is 0 Å².